The summed E-state index contributed by atoms with van der Waals surface area (Å²) in [6.45, 7) is 5.25. The molecule has 2 amide bonds. The van der Waals surface area contributed by atoms with Gasteiger partial charge in [-0.15, -0.1) is 0 Å². The third-order valence-corrected chi connectivity index (χ3v) is 7.99. The molecule has 46 heavy (non-hydrogen) atoms. The van der Waals surface area contributed by atoms with Crippen molar-refractivity contribution in [2.45, 2.75) is 45.7 Å². The van der Waals surface area contributed by atoms with Crippen LogP contribution in [0.15, 0.2) is 59.7 Å². The molecule has 0 fully saturated rings. The predicted octanol–water partition coefficient (Wildman–Crippen LogP) is 4.72. The molecule has 1 aliphatic carbocycles. The summed E-state index contributed by atoms with van der Waals surface area (Å²) in [5, 5.41) is 15.9. The zero-order valence-corrected chi connectivity index (χ0v) is 26.7. The average molecular weight is 627 g/mol. The Morgan fingerprint density at radius 1 is 1.00 bits per heavy atom. The van der Waals surface area contributed by atoms with E-state index in [1.807, 2.05) is 38.1 Å². The molecule has 1 heterocycles. The van der Waals surface area contributed by atoms with E-state index in [1.54, 1.807) is 32.4 Å². The van der Waals surface area contributed by atoms with E-state index in [1.165, 1.54) is 26.4 Å². The number of benzene rings is 2. The lowest BCUT2D eigenvalue weighted by atomic mass is 9.95. The van der Waals surface area contributed by atoms with E-state index in [4.69, 9.17) is 14.2 Å². The van der Waals surface area contributed by atoms with Crippen LogP contribution in [0.2, 0.25) is 0 Å². The second kappa shape index (κ2) is 13.7. The van der Waals surface area contributed by atoms with Crippen molar-refractivity contribution in [3.8, 4) is 39.8 Å². The lowest BCUT2D eigenvalue weighted by molar-refractivity contribution is -0.120. The van der Waals surface area contributed by atoms with Crippen LogP contribution in [-0.4, -0.2) is 54.4 Å². The van der Waals surface area contributed by atoms with Crippen LogP contribution in [0.25, 0.3) is 22.5 Å². The second-order valence-corrected chi connectivity index (χ2v) is 11.4. The van der Waals surface area contributed by atoms with Gasteiger partial charge in [0.15, 0.2) is 17.3 Å². The van der Waals surface area contributed by atoms with Crippen molar-refractivity contribution >= 4 is 23.2 Å². The largest absolute Gasteiger partial charge is 0.493 e. The number of aromatic amines is 1. The molecule has 12 nitrogen and oxygen atoms in total. The van der Waals surface area contributed by atoms with Crippen LogP contribution >= 0.6 is 0 Å². The second-order valence-electron chi connectivity index (χ2n) is 11.4. The first-order chi connectivity index (χ1) is 22.1. The van der Waals surface area contributed by atoms with Gasteiger partial charge in [0.2, 0.25) is 23.0 Å². The molecule has 2 atom stereocenters. The van der Waals surface area contributed by atoms with Crippen LogP contribution < -0.4 is 35.6 Å². The van der Waals surface area contributed by atoms with Gasteiger partial charge in [0.05, 0.1) is 33.1 Å². The molecule has 0 radical (unpaired) electrons. The van der Waals surface area contributed by atoms with Gasteiger partial charge in [-0.3, -0.25) is 19.5 Å². The van der Waals surface area contributed by atoms with Crippen LogP contribution in [0.4, 0.5) is 11.4 Å². The van der Waals surface area contributed by atoms with Crippen LogP contribution in [0, 0.1) is 5.92 Å². The number of rotatable bonds is 10. The van der Waals surface area contributed by atoms with Crippen LogP contribution in [0.5, 0.6) is 17.2 Å². The molecule has 1 aromatic heterocycles. The van der Waals surface area contributed by atoms with Gasteiger partial charge in [0.1, 0.15) is 12.4 Å². The molecule has 0 unspecified atom stereocenters. The first kappa shape index (κ1) is 32.0. The molecular weight excluding hydrogens is 588 g/mol. The number of ether oxygens (including phenoxy) is 3. The molecular formula is C34H38N6O6. The standard InChI is InChI=1S/C34H38N6O6/c1-18(2)30(34(43)38-22-9-7-8-21(14-22)33-35-17-36-40-33)39-26-13-11-23-24(16-27(26)42)25(37-19(3)41)12-10-20-15-28(44-4)31(45-5)32(46-6)29(20)23/h7-9,11,13-18,25,30H,10,12H2,1-6H3,(H,37,41)(H,38,43)(H,39,42)(H,35,36,40)/t25-,30-/m0/s1. The third kappa shape index (κ3) is 6.51. The summed E-state index contributed by atoms with van der Waals surface area (Å²) in [5.74, 6) is 1.27. The van der Waals surface area contributed by atoms with E-state index < -0.39 is 12.1 Å². The van der Waals surface area contributed by atoms with Gasteiger partial charge < -0.3 is 30.2 Å². The van der Waals surface area contributed by atoms with Gasteiger partial charge in [-0.05, 0) is 65.8 Å². The summed E-state index contributed by atoms with van der Waals surface area (Å²) in [6.07, 6.45) is 2.54. The quantitative estimate of drug-likeness (QED) is 0.196. The maximum atomic E-state index is 13.8. The molecule has 1 aliphatic rings. The smallest absolute Gasteiger partial charge is 0.247 e. The van der Waals surface area contributed by atoms with Gasteiger partial charge in [-0.1, -0.05) is 32.0 Å². The predicted molar refractivity (Wildman–Crippen MR) is 175 cm³/mol. The molecule has 5 rings (SSSR count). The van der Waals surface area contributed by atoms with Crippen molar-refractivity contribution in [2.75, 3.05) is 32.0 Å². The fourth-order valence-electron chi connectivity index (χ4n) is 5.84. The highest BCUT2D eigenvalue weighted by Gasteiger charge is 2.30. The molecule has 4 N–H and O–H groups in total. The van der Waals surface area contributed by atoms with Crippen molar-refractivity contribution in [3.05, 3.63) is 76.2 Å². The Labute approximate surface area is 266 Å². The summed E-state index contributed by atoms with van der Waals surface area (Å²) < 4.78 is 17.1. The number of nitrogens with zero attached hydrogens (tertiary/aromatic N) is 2. The SMILES string of the molecule is COc1cc2c(c(OC)c1OC)-c1ccc(N[C@H](C(=O)Nc3cccc(-c4ncn[nH]4)c3)C(C)C)c(=O)cc1[C@@H](NC(C)=O)CC2. The van der Waals surface area contributed by atoms with E-state index in [0.717, 1.165) is 16.7 Å². The Balaban J connectivity index is 1.56. The zero-order valence-electron chi connectivity index (χ0n) is 26.7. The van der Waals surface area contributed by atoms with Crippen molar-refractivity contribution in [3.63, 3.8) is 0 Å². The number of nitrogens with one attached hydrogen (secondary N) is 4. The minimum atomic E-state index is -0.749. The molecule has 12 heteroatoms. The molecule has 0 saturated heterocycles. The van der Waals surface area contributed by atoms with Gasteiger partial charge in [-0.25, -0.2) is 4.98 Å². The lowest BCUT2D eigenvalue weighted by Gasteiger charge is -2.22. The van der Waals surface area contributed by atoms with E-state index in [-0.39, 0.29) is 28.8 Å². The number of fused-ring (bicyclic) bond motifs is 3. The van der Waals surface area contributed by atoms with Crippen molar-refractivity contribution in [1.82, 2.24) is 20.5 Å². The maximum absolute atomic E-state index is 13.8. The number of H-pyrrole nitrogens is 1. The van der Waals surface area contributed by atoms with Crippen LogP contribution in [0.1, 0.15) is 44.4 Å². The van der Waals surface area contributed by atoms with E-state index >= 15 is 0 Å². The Morgan fingerprint density at radius 3 is 2.43 bits per heavy atom. The number of aromatic nitrogens is 3. The molecule has 0 aliphatic heterocycles. The number of methoxy groups -OCH3 is 3. The Bertz CT molecular complexity index is 1810. The minimum absolute atomic E-state index is 0.176. The lowest BCUT2D eigenvalue weighted by Crippen LogP contribution is -2.39. The summed E-state index contributed by atoms with van der Waals surface area (Å²) in [7, 11) is 4.65. The Morgan fingerprint density at radius 2 is 1.78 bits per heavy atom. The van der Waals surface area contributed by atoms with Crippen LogP contribution in [-0.2, 0) is 16.0 Å². The van der Waals surface area contributed by atoms with Crippen molar-refractivity contribution in [2.24, 2.45) is 5.92 Å². The first-order valence-corrected chi connectivity index (χ1v) is 15.0. The van der Waals surface area contributed by atoms with Crippen LogP contribution in [0.3, 0.4) is 0 Å². The molecule has 240 valence electrons. The van der Waals surface area contributed by atoms with Crippen molar-refractivity contribution in [1.29, 1.82) is 0 Å². The highest BCUT2D eigenvalue weighted by atomic mass is 16.5. The number of carbonyl (C=O) groups excluding carboxylic acids is 2. The molecule has 0 spiro atoms. The average Bonchev–Trinajstić information content (AvgIpc) is 3.48. The highest BCUT2D eigenvalue weighted by Crippen LogP contribution is 2.50. The number of hydrogen-bond donors (Lipinski definition) is 4. The topological polar surface area (TPSA) is 157 Å². The summed E-state index contributed by atoms with van der Waals surface area (Å²) in [4.78, 5) is 43.9. The number of carbonyl (C=O) groups is 2. The van der Waals surface area contributed by atoms with E-state index in [0.29, 0.717) is 52.7 Å². The molecule has 0 bridgehead atoms. The summed E-state index contributed by atoms with van der Waals surface area (Å²) in [6, 6.07) is 13.0. The fraction of sp³-hybridized carbons (Fsp3) is 0.324. The first-order valence-electron chi connectivity index (χ1n) is 15.0. The van der Waals surface area contributed by atoms with Gasteiger partial charge in [0, 0.05) is 23.7 Å². The monoisotopic (exact) mass is 626 g/mol. The van der Waals surface area contributed by atoms with E-state index in [2.05, 4.69) is 31.1 Å². The van der Waals surface area contributed by atoms with Gasteiger partial charge >= 0.3 is 0 Å². The Kier molecular flexibility index (Phi) is 9.55. The number of hydrogen-bond acceptors (Lipinski definition) is 9. The highest BCUT2D eigenvalue weighted by molar-refractivity contribution is 5.97. The summed E-state index contributed by atoms with van der Waals surface area (Å²) in [5.41, 5.74) is 4.24. The Hall–Kier alpha value is -5.39. The number of aryl methyl sites for hydroxylation is 1. The fourth-order valence-corrected chi connectivity index (χ4v) is 5.84. The number of amides is 2. The molecule has 4 aromatic rings. The molecule has 3 aromatic carbocycles. The van der Waals surface area contributed by atoms with Crippen molar-refractivity contribution < 1.29 is 23.8 Å². The van der Waals surface area contributed by atoms with Gasteiger partial charge in [0.25, 0.3) is 0 Å². The van der Waals surface area contributed by atoms with E-state index in [9.17, 15) is 14.4 Å². The normalized spacial score (nSPS) is 14.3. The minimum Gasteiger partial charge on any atom is -0.493 e. The zero-order chi connectivity index (χ0) is 33.0. The molecule has 0 saturated carbocycles. The maximum Gasteiger partial charge on any atom is 0.247 e. The number of anilines is 2. The van der Waals surface area contributed by atoms with Gasteiger partial charge in [-0.2, -0.15) is 5.10 Å². The summed E-state index contributed by atoms with van der Waals surface area (Å²) >= 11 is 0. The third-order valence-electron chi connectivity index (χ3n) is 7.99.